The highest BCUT2D eigenvalue weighted by Crippen LogP contribution is 2.40. The fourth-order valence-corrected chi connectivity index (χ4v) is 2.91. The van der Waals surface area contributed by atoms with Gasteiger partial charge in [0.2, 0.25) is 5.78 Å². The van der Waals surface area contributed by atoms with Crippen molar-refractivity contribution in [1.82, 2.24) is 9.80 Å². The maximum absolute atomic E-state index is 12.7. The minimum atomic E-state index is -0.0486. The zero-order valence-electron chi connectivity index (χ0n) is 15.9. The van der Waals surface area contributed by atoms with Gasteiger partial charge >= 0.3 is 0 Å². The molecule has 1 aromatic rings. The molecule has 0 aliphatic heterocycles. The Hall–Kier alpha value is -2.37. The third-order valence-corrected chi connectivity index (χ3v) is 4.38. The number of ketones is 1. The van der Waals surface area contributed by atoms with Gasteiger partial charge in [0.05, 0.1) is 0 Å². The molecule has 0 bridgehead atoms. The van der Waals surface area contributed by atoms with E-state index >= 15 is 0 Å². The molecule has 0 spiro atoms. The number of carbonyl (C=O) groups excluding carboxylic acids is 1. The Morgan fingerprint density at radius 2 is 1.58 bits per heavy atom. The first-order valence-corrected chi connectivity index (χ1v) is 8.84. The Morgan fingerprint density at radius 3 is 2.27 bits per heavy atom. The molecule has 26 heavy (non-hydrogen) atoms. The maximum atomic E-state index is 12.7. The number of likely N-dealkylation sites (N-methyl/N-ethyl adjacent to an activating group) is 2. The number of hydrogen-bond donors (Lipinski definition) is 0. The smallest absolute Gasteiger partial charge is 0.228 e. The summed E-state index contributed by atoms with van der Waals surface area (Å²) in [6.45, 7) is 2.76. The van der Waals surface area contributed by atoms with Gasteiger partial charge in [0.25, 0.3) is 0 Å². The molecular formula is C21H26N2O3. The van der Waals surface area contributed by atoms with E-state index in [1.54, 1.807) is 6.08 Å². The second kappa shape index (κ2) is 7.89. The Balaban J connectivity index is 1.72. The van der Waals surface area contributed by atoms with E-state index in [-0.39, 0.29) is 5.78 Å². The second-order valence-electron chi connectivity index (χ2n) is 7.05. The van der Waals surface area contributed by atoms with E-state index in [4.69, 9.17) is 9.47 Å². The summed E-state index contributed by atoms with van der Waals surface area (Å²) >= 11 is 0. The fraction of sp³-hybridized carbons (Fsp3) is 0.381. The number of ether oxygens (including phenoxy) is 2. The van der Waals surface area contributed by atoms with E-state index in [0.717, 1.165) is 35.5 Å². The molecule has 0 unspecified atom stereocenters. The van der Waals surface area contributed by atoms with E-state index in [0.29, 0.717) is 24.5 Å². The van der Waals surface area contributed by atoms with Crippen LogP contribution in [0.3, 0.4) is 0 Å². The van der Waals surface area contributed by atoms with Crippen molar-refractivity contribution in [2.45, 2.75) is 0 Å². The second-order valence-corrected chi connectivity index (χ2v) is 7.05. The van der Waals surface area contributed by atoms with Gasteiger partial charge in [0.1, 0.15) is 19.0 Å². The highest BCUT2D eigenvalue weighted by atomic mass is 16.5. The van der Waals surface area contributed by atoms with Gasteiger partial charge in [0, 0.05) is 18.7 Å². The van der Waals surface area contributed by atoms with E-state index in [1.165, 1.54) is 0 Å². The number of fused-ring (bicyclic) bond motifs is 3. The molecule has 0 atom stereocenters. The van der Waals surface area contributed by atoms with E-state index in [9.17, 15) is 4.79 Å². The Bertz CT molecular complexity index is 788. The van der Waals surface area contributed by atoms with Crippen molar-refractivity contribution in [3.8, 4) is 5.75 Å². The number of Topliss-reactive ketones (excluding diaryl/α,β-unsaturated/α-hetero) is 1. The maximum Gasteiger partial charge on any atom is 0.228 e. The topological polar surface area (TPSA) is 42.0 Å². The first-order chi connectivity index (χ1) is 12.5. The molecule has 0 amide bonds. The van der Waals surface area contributed by atoms with Gasteiger partial charge in [-0.25, -0.2) is 0 Å². The molecule has 2 aliphatic carbocycles. The van der Waals surface area contributed by atoms with Gasteiger partial charge in [-0.1, -0.05) is 6.07 Å². The molecule has 0 saturated heterocycles. The fourth-order valence-electron chi connectivity index (χ4n) is 2.91. The standard InChI is InChI=1S/C21H26N2O3/c1-22(2)9-11-25-16-5-6-17-15(13-16)14-19-18(17)7-8-20(21(19)24)26-12-10-23(3)4/h5-8,13-14H,9-12H2,1-4H3. The van der Waals surface area contributed by atoms with Crippen LogP contribution in [0.15, 0.2) is 41.7 Å². The third-order valence-electron chi connectivity index (χ3n) is 4.38. The van der Waals surface area contributed by atoms with Crippen LogP contribution in [-0.2, 0) is 9.53 Å². The Kier molecular flexibility index (Phi) is 5.59. The van der Waals surface area contributed by atoms with Crippen LogP contribution in [0.25, 0.3) is 11.6 Å². The van der Waals surface area contributed by atoms with Gasteiger partial charge in [-0.2, -0.15) is 0 Å². The molecule has 3 rings (SSSR count). The summed E-state index contributed by atoms with van der Waals surface area (Å²) < 4.78 is 11.5. The van der Waals surface area contributed by atoms with Gasteiger partial charge in [-0.3, -0.25) is 4.79 Å². The average molecular weight is 354 g/mol. The van der Waals surface area contributed by atoms with Gasteiger partial charge in [0.15, 0.2) is 5.76 Å². The summed E-state index contributed by atoms with van der Waals surface area (Å²) in [7, 11) is 7.99. The lowest BCUT2D eigenvalue weighted by Crippen LogP contribution is -2.20. The molecule has 2 aliphatic rings. The molecule has 0 aromatic heterocycles. The lowest BCUT2D eigenvalue weighted by Gasteiger charge is -2.16. The molecule has 0 fully saturated rings. The largest absolute Gasteiger partial charge is 0.492 e. The zero-order valence-corrected chi connectivity index (χ0v) is 15.9. The zero-order chi connectivity index (χ0) is 18.7. The third kappa shape index (κ3) is 4.06. The summed E-state index contributed by atoms with van der Waals surface area (Å²) in [5.74, 6) is 1.19. The highest BCUT2D eigenvalue weighted by Gasteiger charge is 2.29. The van der Waals surface area contributed by atoms with Gasteiger partial charge in [-0.15, -0.1) is 0 Å². The number of allylic oxidation sites excluding steroid dienone is 4. The predicted octanol–water partition coefficient (Wildman–Crippen LogP) is 2.45. The number of carbonyl (C=O) groups is 1. The summed E-state index contributed by atoms with van der Waals surface area (Å²) in [6, 6.07) is 5.98. The van der Waals surface area contributed by atoms with Crippen molar-refractivity contribution in [3.05, 3.63) is 52.8 Å². The van der Waals surface area contributed by atoms with Crippen LogP contribution in [-0.4, -0.2) is 70.1 Å². The molecule has 0 heterocycles. The van der Waals surface area contributed by atoms with Crippen LogP contribution in [0.2, 0.25) is 0 Å². The molecule has 138 valence electrons. The lowest BCUT2D eigenvalue weighted by atomic mass is 9.95. The van der Waals surface area contributed by atoms with Crippen molar-refractivity contribution in [1.29, 1.82) is 0 Å². The molecule has 0 saturated carbocycles. The van der Waals surface area contributed by atoms with Gasteiger partial charge in [-0.05, 0) is 75.3 Å². The van der Waals surface area contributed by atoms with Crippen LogP contribution >= 0.6 is 0 Å². The molecule has 5 heteroatoms. The summed E-state index contributed by atoms with van der Waals surface area (Å²) in [6.07, 6.45) is 5.68. The number of rotatable bonds is 8. The van der Waals surface area contributed by atoms with Crippen molar-refractivity contribution < 1.29 is 14.3 Å². The SMILES string of the molecule is CN(C)CCOC1=CC=C2C(=Cc3cc(OCCN(C)C)ccc32)C1=O. The van der Waals surface area contributed by atoms with Crippen LogP contribution in [0.1, 0.15) is 11.1 Å². The monoisotopic (exact) mass is 354 g/mol. The van der Waals surface area contributed by atoms with Gasteiger partial charge < -0.3 is 19.3 Å². The van der Waals surface area contributed by atoms with Crippen LogP contribution < -0.4 is 4.74 Å². The normalized spacial score (nSPS) is 15.5. The van der Waals surface area contributed by atoms with E-state index < -0.39 is 0 Å². The number of nitrogens with zero attached hydrogens (tertiary/aromatic N) is 2. The van der Waals surface area contributed by atoms with E-state index in [2.05, 4.69) is 4.90 Å². The van der Waals surface area contributed by atoms with E-state index in [1.807, 2.05) is 63.4 Å². The predicted molar refractivity (Wildman–Crippen MR) is 104 cm³/mol. The van der Waals surface area contributed by atoms with Crippen LogP contribution in [0, 0.1) is 0 Å². The first kappa shape index (κ1) is 18.4. The molecule has 1 aromatic carbocycles. The summed E-state index contributed by atoms with van der Waals surface area (Å²) in [5, 5.41) is 0. The molecular weight excluding hydrogens is 328 g/mol. The quantitative estimate of drug-likeness (QED) is 0.717. The van der Waals surface area contributed by atoms with Crippen molar-refractivity contribution >= 4 is 17.4 Å². The lowest BCUT2D eigenvalue weighted by molar-refractivity contribution is -0.115. The number of hydrogen-bond acceptors (Lipinski definition) is 5. The molecule has 0 N–H and O–H groups in total. The highest BCUT2D eigenvalue weighted by molar-refractivity contribution is 6.25. The van der Waals surface area contributed by atoms with Crippen molar-refractivity contribution in [2.24, 2.45) is 0 Å². The van der Waals surface area contributed by atoms with Crippen molar-refractivity contribution in [3.63, 3.8) is 0 Å². The average Bonchev–Trinajstić information content (AvgIpc) is 2.95. The Labute approximate surface area is 155 Å². The summed E-state index contributed by atoms with van der Waals surface area (Å²) in [5.41, 5.74) is 3.75. The van der Waals surface area contributed by atoms with Crippen molar-refractivity contribution in [2.75, 3.05) is 54.5 Å². The van der Waals surface area contributed by atoms with Crippen LogP contribution in [0.5, 0.6) is 5.75 Å². The summed E-state index contributed by atoms with van der Waals surface area (Å²) in [4.78, 5) is 16.8. The molecule has 5 nitrogen and oxygen atoms in total. The first-order valence-electron chi connectivity index (χ1n) is 8.84. The Morgan fingerprint density at radius 1 is 0.885 bits per heavy atom. The minimum Gasteiger partial charge on any atom is -0.492 e. The van der Waals surface area contributed by atoms with Crippen LogP contribution in [0.4, 0.5) is 0 Å². The molecule has 0 radical (unpaired) electrons. The minimum absolute atomic E-state index is 0.0486. The number of benzene rings is 1.